The second-order valence-corrected chi connectivity index (χ2v) is 7.59. The fourth-order valence-electron chi connectivity index (χ4n) is 3.88. The Morgan fingerprint density at radius 1 is 1.19 bits per heavy atom. The minimum absolute atomic E-state index is 0.187. The number of likely N-dealkylation sites (N-methyl/N-ethyl adjacent to an activating group) is 2. The molecule has 10 heteroatoms. The van der Waals surface area contributed by atoms with E-state index in [-0.39, 0.29) is 30.1 Å². The average molecular weight is 377 g/mol. The molecule has 0 unspecified atom stereocenters. The molecule has 0 bridgehead atoms. The van der Waals surface area contributed by atoms with E-state index in [1.54, 1.807) is 18.3 Å². The van der Waals surface area contributed by atoms with Gasteiger partial charge in [-0.05, 0) is 33.6 Å². The molecular formula is C17H27N7O3. The van der Waals surface area contributed by atoms with Gasteiger partial charge in [-0.15, -0.1) is 10.2 Å². The molecule has 3 rings (SSSR count). The molecular weight excluding hydrogens is 350 g/mol. The number of imide groups is 1. The molecule has 0 radical (unpaired) electrons. The molecule has 1 spiro atoms. The van der Waals surface area contributed by atoms with Crippen LogP contribution in [0.2, 0.25) is 0 Å². The molecule has 10 nitrogen and oxygen atoms in total. The van der Waals surface area contributed by atoms with Gasteiger partial charge in [0.25, 0.3) is 5.91 Å². The van der Waals surface area contributed by atoms with E-state index in [0.29, 0.717) is 31.8 Å². The highest BCUT2D eigenvalue weighted by Gasteiger charge is 2.55. The summed E-state index contributed by atoms with van der Waals surface area (Å²) in [5.41, 5.74) is -0.827. The third-order valence-corrected chi connectivity index (χ3v) is 5.68. The van der Waals surface area contributed by atoms with Crippen LogP contribution in [0.1, 0.15) is 51.5 Å². The predicted molar refractivity (Wildman–Crippen MR) is 96.8 cm³/mol. The molecule has 2 aliphatic rings. The maximum Gasteiger partial charge on any atom is 0.327 e. The minimum Gasteiger partial charge on any atom is -0.328 e. The predicted octanol–water partition coefficient (Wildman–Crippen LogP) is 0.988. The number of aromatic nitrogens is 3. The maximum atomic E-state index is 12.7. The fourth-order valence-corrected chi connectivity index (χ4v) is 3.88. The third-order valence-electron chi connectivity index (χ3n) is 5.68. The van der Waals surface area contributed by atoms with E-state index in [2.05, 4.69) is 15.5 Å². The van der Waals surface area contributed by atoms with E-state index in [9.17, 15) is 14.4 Å². The quantitative estimate of drug-likeness (QED) is 0.791. The lowest BCUT2D eigenvalue weighted by Gasteiger charge is -2.40. The standard InChI is InChI=1S/C17H27N7O3/c1-11(2)24-10-18-20-13(24)12(3)19-15(26)23-8-6-17(7-9-23)14(25)21(4)16(27)22(17)5/h10-12H,6-9H2,1-5H3,(H,19,26)/t12-/m0/s1. The first-order chi connectivity index (χ1) is 12.7. The Morgan fingerprint density at radius 2 is 1.81 bits per heavy atom. The zero-order valence-corrected chi connectivity index (χ0v) is 16.5. The van der Waals surface area contributed by atoms with Crippen molar-refractivity contribution in [3.05, 3.63) is 12.2 Å². The van der Waals surface area contributed by atoms with Gasteiger partial charge in [-0.2, -0.15) is 0 Å². The van der Waals surface area contributed by atoms with Gasteiger partial charge in [-0.1, -0.05) is 0 Å². The number of piperidine rings is 1. The molecule has 2 saturated heterocycles. The van der Waals surface area contributed by atoms with Gasteiger partial charge in [0.05, 0.1) is 6.04 Å². The molecule has 5 amide bonds. The van der Waals surface area contributed by atoms with Crippen molar-refractivity contribution >= 4 is 18.0 Å². The summed E-state index contributed by atoms with van der Waals surface area (Å²) in [5, 5.41) is 11.0. The van der Waals surface area contributed by atoms with E-state index in [1.807, 2.05) is 25.3 Å². The fraction of sp³-hybridized carbons (Fsp3) is 0.706. The summed E-state index contributed by atoms with van der Waals surface area (Å²) in [4.78, 5) is 41.7. The first-order valence-electron chi connectivity index (χ1n) is 9.20. The van der Waals surface area contributed by atoms with Gasteiger partial charge in [-0.25, -0.2) is 9.59 Å². The number of nitrogens with zero attached hydrogens (tertiary/aromatic N) is 6. The zero-order valence-electron chi connectivity index (χ0n) is 16.5. The molecule has 27 heavy (non-hydrogen) atoms. The summed E-state index contributed by atoms with van der Waals surface area (Å²) in [6.45, 7) is 6.74. The number of hydrogen-bond donors (Lipinski definition) is 1. The molecule has 3 heterocycles. The van der Waals surface area contributed by atoms with Crippen molar-refractivity contribution in [1.29, 1.82) is 0 Å². The van der Waals surface area contributed by atoms with Crippen LogP contribution >= 0.6 is 0 Å². The molecule has 1 aromatic rings. The summed E-state index contributed by atoms with van der Waals surface area (Å²) in [5.74, 6) is 0.512. The van der Waals surface area contributed by atoms with Crippen LogP contribution in [-0.4, -0.2) is 80.2 Å². The average Bonchev–Trinajstić information content (AvgIpc) is 3.20. The summed E-state index contributed by atoms with van der Waals surface area (Å²) in [7, 11) is 3.15. The highest BCUT2D eigenvalue weighted by molar-refractivity contribution is 6.06. The van der Waals surface area contributed by atoms with E-state index < -0.39 is 5.54 Å². The van der Waals surface area contributed by atoms with Crippen LogP contribution in [0.3, 0.4) is 0 Å². The number of carbonyl (C=O) groups is 3. The Hall–Kier alpha value is -2.65. The first-order valence-corrected chi connectivity index (χ1v) is 9.20. The van der Waals surface area contributed by atoms with Gasteiger partial charge in [0.1, 0.15) is 11.9 Å². The molecule has 0 saturated carbocycles. The lowest BCUT2D eigenvalue weighted by molar-refractivity contribution is -0.134. The summed E-state index contributed by atoms with van der Waals surface area (Å²) in [6, 6.07) is -0.590. The van der Waals surface area contributed by atoms with Gasteiger partial charge in [-0.3, -0.25) is 9.69 Å². The van der Waals surface area contributed by atoms with Crippen LogP contribution in [0.25, 0.3) is 0 Å². The lowest BCUT2D eigenvalue weighted by Crippen LogP contribution is -2.57. The van der Waals surface area contributed by atoms with Crippen LogP contribution in [0.4, 0.5) is 9.59 Å². The molecule has 2 fully saturated rings. The Morgan fingerprint density at radius 3 is 2.33 bits per heavy atom. The zero-order chi connectivity index (χ0) is 19.9. The molecule has 1 atom stereocenters. The molecule has 0 aliphatic carbocycles. The van der Waals surface area contributed by atoms with Crippen molar-refractivity contribution in [2.75, 3.05) is 27.2 Å². The monoisotopic (exact) mass is 377 g/mol. The van der Waals surface area contributed by atoms with E-state index in [1.165, 1.54) is 11.9 Å². The van der Waals surface area contributed by atoms with Crippen LogP contribution < -0.4 is 5.32 Å². The normalized spacial score (nSPS) is 20.7. The van der Waals surface area contributed by atoms with Gasteiger partial charge in [0.2, 0.25) is 0 Å². The van der Waals surface area contributed by atoms with E-state index >= 15 is 0 Å². The van der Waals surface area contributed by atoms with Crippen molar-refractivity contribution in [3.8, 4) is 0 Å². The second kappa shape index (κ2) is 6.82. The topological polar surface area (TPSA) is 104 Å². The lowest BCUT2D eigenvalue weighted by atomic mass is 9.86. The SMILES string of the molecule is CC(C)n1cnnc1[C@H](C)NC(=O)N1CCC2(CC1)C(=O)N(C)C(=O)N2C. The molecule has 148 valence electrons. The van der Waals surface area contributed by atoms with Crippen LogP contribution in [0, 0.1) is 0 Å². The summed E-state index contributed by atoms with van der Waals surface area (Å²) in [6.07, 6.45) is 2.52. The number of rotatable bonds is 3. The van der Waals surface area contributed by atoms with Crippen LogP contribution in [0.15, 0.2) is 6.33 Å². The first kappa shape index (κ1) is 19.1. The van der Waals surface area contributed by atoms with Gasteiger partial charge in [0, 0.05) is 33.2 Å². The van der Waals surface area contributed by atoms with Gasteiger partial charge in [0.15, 0.2) is 5.82 Å². The maximum absolute atomic E-state index is 12.7. The van der Waals surface area contributed by atoms with Crippen molar-refractivity contribution in [1.82, 2.24) is 34.8 Å². The molecule has 1 N–H and O–H groups in total. The molecule has 0 aromatic carbocycles. The largest absolute Gasteiger partial charge is 0.328 e. The Kier molecular flexibility index (Phi) is 4.83. The summed E-state index contributed by atoms with van der Waals surface area (Å²) < 4.78 is 1.92. The molecule has 1 aromatic heterocycles. The highest BCUT2D eigenvalue weighted by atomic mass is 16.2. The number of amides is 5. The minimum atomic E-state index is -0.827. The number of likely N-dealkylation sites (tertiary alicyclic amines) is 1. The second-order valence-electron chi connectivity index (χ2n) is 7.59. The molecule has 2 aliphatic heterocycles. The number of nitrogens with one attached hydrogen (secondary N) is 1. The van der Waals surface area contributed by atoms with Gasteiger partial charge >= 0.3 is 12.1 Å². The Balaban J connectivity index is 1.63. The number of carbonyl (C=O) groups excluding carboxylic acids is 3. The smallest absolute Gasteiger partial charge is 0.327 e. The van der Waals surface area contributed by atoms with Gasteiger partial charge < -0.3 is 19.7 Å². The van der Waals surface area contributed by atoms with Crippen LogP contribution in [-0.2, 0) is 4.79 Å². The van der Waals surface area contributed by atoms with Crippen molar-refractivity contribution < 1.29 is 14.4 Å². The third kappa shape index (κ3) is 3.02. The van der Waals surface area contributed by atoms with Crippen LogP contribution in [0.5, 0.6) is 0 Å². The Labute approximate surface area is 158 Å². The van der Waals surface area contributed by atoms with Crippen molar-refractivity contribution in [2.45, 2.75) is 51.2 Å². The Bertz CT molecular complexity index is 751. The highest BCUT2D eigenvalue weighted by Crippen LogP contribution is 2.35. The van der Waals surface area contributed by atoms with Crippen molar-refractivity contribution in [3.63, 3.8) is 0 Å². The number of hydrogen-bond acceptors (Lipinski definition) is 5. The van der Waals surface area contributed by atoms with Crippen molar-refractivity contribution in [2.24, 2.45) is 0 Å². The summed E-state index contributed by atoms with van der Waals surface area (Å²) >= 11 is 0. The number of urea groups is 2. The van der Waals surface area contributed by atoms with E-state index in [4.69, 9.17) is 0 Å². The van der Waals surface area contributed by atoms with E-state index in [0.717, 1.165) is 4.90 Å².